The van der Waals surface area contributed by atoms with E-state index < -0.39 is 0 Å². The zero-order valence-electron chi connectivity index (χ0n) is 13.8. The predicted octanol–water partition coefficient (Wildman–Crippen LogP) is 2.82. The second-order valence-electron chi connectivity index (χ2n) is 6.88. The molecule has 122 valence electrons. The van der Waals surface area contributed by atoms with Crippen LogP contribution in [0.1, 0.15) is 26.7 Å². The van der Waals surface area contributed by atoms with E-state index in [1.807, 2.05) is 12.1 Å². The third-order valence-electron chi connectivity index (χ3n) is 5.17. The van der Waals surface area contributed by atoms with Crippen molar-refractivity contribution in [3.63, 3.8) is 0 Å². The largest absolute Gasteiger partial charge is 0.370 e. The van der Waals surface area contributed by atoms with Gasteiger partial charge in [-0.15, -0.1) is 0 Å². The first kappa shape index (κ1) is 15.8. The Balaban J connectivity index is 1.57. The Morgan fingerprint density at radius 2 is 1.77 bits per heavy atom. The minimum atomic E-state index is -0.152. The van der Waals surface area contributed by atoms with Gasteiger partial charge in [-0.25, -0.2) is 4.39 Å². The van der Waals surface area contributed by atoms with Crippen LogP contribution in [0.15, 0.2) is 24.3 Å². The molecule has 4 heteroatoms. The Kier molecular flexibility index (Phi) is 4.99. The lowest BCUT2D eigenvalue weighted by molar-refractivity contribution is 0.195. The fraction of sp³-hybridized carbons (Fsp3) is 0.667. The SMILES string of the molecule is CC(C)N1CCCN([C@@H]2CCN(c3ccc(F)cc3)C2)CC1. The maximum Gasteiger partial charge on any atom is 0.123 e. The molecule has 0 bridgehead atoms. The number of halogens is 1. The van der Waals surface area contributed by atoms with Gasteiger partial charge in [0.05, 0.1) is 0 Å². The molecule has 0 amide bonds. The Hall–Kier alpha value is -1.13. The van der Waals surface area contributed by atoms with E-state index in [1.165, 1.54) is 39.0 Å². The molecule has 1 atom stereocenters. The summed E-state index contributed by atoms with van der Waals surface area (Å²) in [5.41, 5.74) is 1.16. The molecule has 3 nitrogen and oxygen atoms in total. The second-order valence-corrected chi connectivity index (χ2v) is 6.88. The van der Waals surface area contributed by atoms with E-state index in [0.717, 1.165) is 18.8 Å². The van der Waals surface area contributed by atoms with E-state index in [2.05, 4.69) is 28.5 Å². The summed E-state index contributed by atoms with van der Waals surface area (Å²) < 4.78 is 13.1. The normalized spacial score (nSPS) is 24.9. The summed E-state index contributed by atoms with van der Waals surface area (Å²) in [5, 5.41) is 0. The molecule has 3 rings (SSSR count). The smallest absolute Gasteiger partial charge is 0.123 e. The second kappa shape index (κ2) is 6.97. The summed E-state index contributed by atoms with van der Waals surface area (Å²) in [6, 6.07) is 8.24. The van der Waals surface area contributed by atoms with Crippen molar-refractivity contribution in [1.82, 2.24) is 9.80 Å². The zero-order valence-corrected chi connectivity index (χ0v) is 13.8. The van der Waals surface area contributed by atoms with Crippen LogP contribution in [0.25, 0.3) is 0 Å². The number of hydrogen-bond donors (Lipinski definition) is 0. The monoisotopic (exact) mass is 305 g/mol. The molecule has 2 fully saturated rings. The maximum atomic E-state index is 13.1. The lowest BCUT2D eigenvalue weighted by Gasteiger charge is -2.29. The van der Waals surface area contributed by atoms with Crippen LogP contribution in [0.5, 0.6) is 0 Å². The Morgan fingerprint density at radius 3 is 2.50 bits per heavy atom. The van der Waals surface area contributed by atoms with Crippen LogP contribution in [0.3, 0.4) is 0 Å². The van der Waals surface area contributed by atoms with E-state index in [4.69, 9.17) is 0 Å². The van der Waals surface area contributed by atoms with E-state index >= 15 is 0 Å². The Labute approximate surface area is 133 Å². The fourth-order valence-electron chi connectivity index (χ4n) is 3.77. The minimum Gasteiger partial charge on any atom is -0.370 e. The van der Waals surface area contributed by atoms with Gasteiger partial charge in [0.15, 0.2) is 0 Å². The van der Waals surface area contributed by atoms with E-state index in [1.54, 1.807) is 12.1 Å². The zero-order chi connectivity index (χ0) is 15.5. The van der Waals surface area contributed by atoms with Gasteiger partial charge in [0, 0.05) is 44.0 Å². The molecule has 0 radical (unpaired) electrons. The molecule has 2 heterocycles. The van der Waals surface area contributed by atoms with Crippen molar-refractivity contribution >= 4 is 5.69 Å². The number of benzene rings is 1. The number of anilines is 1. The standard InChI is InChI=1S/C18H28FN3/c1-15(2)20-9-3-10-21(13-12-20)18-8-11-22(14-18)17-6-4-16(19)5-7-17/h4-7,15,18H,3,8-14H2,1-2H3/t18-/m1/s1. The quantitative estimate of drug-likeness (QED) is 0.850. The summed E-state index contributed by atoms with van der Waals surface area (Å²) in [6.07, 6.45) is 2.49. The van der Waals surface area contributed by atoms with E-state index in [-0.39, 0.29) is 5.82 Å². The molecule has 2 aliphatic rings. The number of hydrogen-bond acceptors (Lipinski definition) is 3. The molecule has 0 aliphatic carbocycles. The van der Waals surface area contributed by atoms with Crippen molar-refractivity contribution in [2.75, 3.05) is 44.2 Å². The molecule has 0 unspecified atom stereocenters. The topological polar surface area (TPSA) is 9.72 Å². The number of rotatable bonds is 3. The highest BCUT2D eigenvalue weighted by atomic mass is 19.1. The maximum absolute atomic E-state index is 13.1. The molecule has 0 saturated carbocycles. The van der Waals surface area contributed by atoms with E-state index in [9.17, 15) is 4.39 Å². The van der Waals surface area contributed by atoms with Crippen LogP contribution in [0.2, 0.25) is 0 Å². The van der Waals surface area contributed by atoms with Gasteiger partial charge in [-0.1, -0.05) is 0 Å². The average Bonchev–Trinajstić information content (AvgIpc) is 2.85. The van der Waals surface area contributed by atoms with Gasteiger partial charge in [0.25, 0.3) is 0 Å². The molecule has 0 N–H and O–H groups in total. The van der Waals surface area contributed by atoms with Crippen LogP contribution in [-0.2, 0) is 0 Å². The lowest BCUT2D eigenvalue weighted by Crippen LogP contribution is -2.41. The molecule has 22 heavy (non-hydrogen) atoms. The molecule has 0 aromatic heterocycles. The van der Waals surface area contributed by atoms with Crippen LogP contribution in [0, 0.1) is 5.82 Å². The summed E-state index contributed by atoms with van der Waals surface area (Å²) in [5.74, 6) is -0.152. The van der Waals surface area contributed by atoms with Crippen LogP contribution in [0.4, 0.5) is 10.1 Å². The van der Waals surface area contributed by atoms with Crippen LogP contribution in [-0.4, -0.2) is 61.2 Å². The van der Waals surface area contributed by atoms with Crippen molar-refractivity contribution in [2.24, 2.45) is 0 Å². The molecule has 2 aliphatic heterocycles. The van der Waals surface area contributed by atoms with Crippen LogP contribution >= 0.6 is 0 Å². The molecule has 1 aromatic carbocycles. The third-order valence-corrected chi connectivity index (χ3v) is 5.17. The molecule has 1 aromatic rings. The highest BCUT2D eigenvalue weighted by Crippen LogP contribution is 2.24. The predicted molar refractivity (Wildman–Crippen MR) is 89.9 cm³/mol. The van der Waals surface area contributed by atoms with Crippen molar-refractivity contribution in [1.29, 1.82) is 0 Å². The minimum absolute atomic E-state index is 0.152. The average molecular weight is 305 g/mol. The number of nitrogens with zero attached hydrogens (tertiary/aromatic N) is 3. The van der Waals surface area contributed by atoms with Gasteiger partial charge in [-0.2, -0.15) is 0 Å². The van der Waals surface area contributed by atoms with Crippen molar-refractivity contribution < 1.29 is 4.39 Å². The van der Waals surface area contributed by atoms with Crippen LogP contribution < -0.4 is 4.90 Å². The first-order valence-corrected chi connectivity index (χ1v) is 8.62. The van der Waals surface area contributed by atoms with E-state index in [0.29, 0.717) is 12.1 Å². The highest BCUT2D eigenvalue weighted by molar-refractivity contribution is 5.47. The third kappa shape index (κ3) is 3.61. The van der Waals surface area contributed by atoms with Gasteiger partial charge in [0.2, 0.25) is 0 Å². The molecular formula is C18H28FN3. The summed E-state index contributed by atoms with van der Waals surface area (Å²) in [6.45, 7) is 11.6. The molecule has 0 spiro atoms. The summed E-state index contributed by atoms with van der Waals surface area (Å²) in [4.78, 5) is 7.66. The highest BCUT2D eigenvalue weighted by Gasteiger charge is 2.29. The van der Waals surface area contributed by atoms with Gasteiger partial charge >= 0.3 is 0 Å². The Bertz CT molecular complexity index is 474. The van der Waals surface area contributed by atoms with Gasteiger partial charge in [0.1, 0.15) is 5.82 Å². The first-order chi connectivity index (χ1) is 10.6. The summed E-state index contributed by atoms with van der Waals surface area (Å²) in [7, 11) is 0. The molecular weight excluding hydrogens is 277 g/mol. The fourth-order valence-corrected chi connectivity index (χ4v) is 3.77. The lowest BCUT2D eigenvalue weighted by atomic mass is 10.2. The van der Waals surface area contributed by atoms with Crippen molar-refractivity contribution in [3.05, 3.63) is 30.1 Å². The molecule has 2 saturated heterocycles. The van der Waals surface area contributed by atoms with Gasteiger partial charge in [-0.3, -0.25) is 9.80 Å². The Morgan fingerprint density at radius 1 is 1.00 bits per heavy atom. The van der Waals surface area contributed by atoms with Crippen molar-refractivity contribution in [2.45, 2.75) is 38.8 Å². The van der Waals surface area contributed by atoms with Gasteiger partial charge < -0.3 is 4.90 Å². The van der Waals surface area contributed by atoms with Gasteiger partial charge in [-0.05, 0) is 64.0 Å². The first-order valence-electron chi connectivity index (χ1n) is 8.62. The summed E-state index contributed by atoms with van der Waals surface area (Å²) >= 11 is 0. The van der Waals surface area contributed by atoms with Crippen molar-refractivity contribution in [3.8, 4) is 0 Å².